The quantitative estimate of drug-likeness (QED) is 0.817. The first-order valence-electron chi connectivity index (χ1n) is 5.44. The zero-order valence-electron chi connectivity index (χ0n) is 10.1. The molecule has 1 heterocycles. The third kappa shape index (κ3) is 3.52. The second kappa shape index (κ2) is 6.09. The standard InChI is InChI=1S/C12H18N4/c1-10(2)16(3)8-7-15-11-5-4-6-14-12(11)9-13/h4-6,10,15H,7-8H2,1-3H3. The summed E-state index contributed by atoms with van der Waals surface area (Å²) in [5.74, 6) is 0. The van der Waals surface area contributed by atoms with Crippen molar-refractivity contribution in [2.24, 2.45) is 0 Å². The Morgan fingerprint density at radius 1 is 1.56 bits per heavy atom. The average Bonchev–Trinajstić information content (AvgIpc) is 2.29. The molecule has 0 unspecified atom stereocenters. The van der Waals surface area contributed by atoms with Crippen molar-refractivity contribution in [1.82, 2.24) is 9.88 Å². The van der Waals surface area contributed by atoms with Crippen LogP contribution in [0, 0.1) is 11.3 Å². The number of hydrogen-bond donors (Lipinski definition) is 1. The van der Waals surface area contributed by atoms with E-state index in [9.17, 15) is 0 Å². The molecule has 16 heavy (non-hydrogen) atoms. The van der Waals surface area contributed by atoms with Gasteiger partial charge in [0.1, 0.15) is 6.07 Å². The molecule has 4 heteroatoms. The molecule has 1 aromatic heterocycles. The van der Waals surface area contributed by atoms with E-state index in [2.05, 4.69) is 42.2 Å². The normalized spacial score (nSPS) is 10.5. The van der Waals surface area contributed by atoms with Crippen molar-refractivity contribution in [2.75, 3.05) is 25.5 Å². The van der Waals surface area contributed by atoms with Crippen molar-refractivity contribution in [2.45, 2.75) is 19.9 Å². The molecule has 0 saturated carbocycles. The van der Waals surface area contributed by atoms with Crippen LogP contribution in [-0.2, 0) is 0 Å². The van der Waals surface area contributed by atoms with E-state index in [0.717, 1.165) is 18.8 Å². The second-order valence-electron chi connectivity index (χ2n) is 4.01. The third-order valence-electron chi connectivity index (χ3n) is 2.58. The Bertz CT molecular complexity index is 368. The lowest BCUT2D eigenvalue weighted by atomic mass is 10.3. The largest absolute Gasteiger partial charge is 0.381 e. The molecular formula is C12H18N4. The summed E-state index contributed by atoms with van der Waals surface area (Å²) < 4.78 is 0. The minimum absolute atomic E-state index is 0.453. The molecule has 86 valence electrons. The van der Waals surface area contributed by atoms with Gasteiger partial charge in [0.2, 0.25) is 0 Å². The molecule has 0 bridgehead atoms. The molecule has 1 aromatic rings. The van der Waals surface area contributed by atoms with Gasteiger partial charge in [-0.2, -0.15) is 5.26 Å². The van der Waals surface area contributed by atoms with Gasteiger partial charge in [0, 0.05) is 25.3 Å². The lowest BCUT2D eigenvalue weighted by molar-refractivity contribution is 0.284. The highest BCUT2D eigenvalue weighted by atomic mass is 15.1. The lowest BCUT2D eigenvalue weighted by Crippen LogP contribution is -2.31. The maximum Gasteiger partial charge on any atom is 0.163 e. The van der Waals surface area contributed by atoms with Crippen LogP contribution >= 0.6 is 0 Å². The van der Waals surface area contributed by atoms with Gasteiger partial charge in [-0.15, -0.1) is 0 Å². The highest BCUT2D eigenvalue weighted by molar-refractivity contribution is 5.53. The Balaban J connectivity index is 2.46. The monoisotopic (exact) mass is 218 g/mol. The Morgan fingerprint density at radius 3 is 2.94 bits per heavy atom. The Hall–Kier alpha value is -1.60. The van der Waals surface area contributed by atoms with Crippen LogP contribution in [0.4, 0.5) is 5.69 Å². The van der Waals surface area contributed by atoms with Crippen LogP contribution in [0.3, 0.4) is 0 Å². The minimum Gasteiger partial charge on any atom is -0.381 e. The molecule has 0 aliphatic rings. The number of anilines is 1. The van der Waals surface area contributed by atoms with E-state index in [-0.39, 0.29) is 0 Å². The van der Waals surface area contributed by atoms with Crippen LogP contribution in [0.5, 0.6) is 0 Å². The van der Waals surface area contributed by atoms with Crippen molar-refractivity contribution >= 4 is 5.69 Å². The van der Waals surface area contributed by atoms with Crippen LogP contribution in [0.2, 0.25) is 0 Å². The zero-order valence-corrected chi connectivity index (χ0v) is 10.1. The molecule has 0 aliphatic carbocycles. The Morgan fingerprint density at radius 2 is 2.31 bits per heavy atom. The average molecular weight is 218 g/mol. The lowest BCUT2D eigenvalue weighted by Gasteiger charge is -2.21. The number of nitrogens with zero attached hydrogens (tertiary/aromatic N) is 3. The van der Waals surface area contributed by atoms with Gasteiger partial charge >= 0.3 is 0 Å². The van der Waals surface area contributed by atoms with E-state index in [0.29, 0.717) is 11.7 Å². The van der Waals surface area contributed by atoms with Crippen molar-refractivity contribution in [3.05, 3.63) is 24.0 Å². The van der Waals surface area contributed by atoms with Crippen molar-refractivity contribution in [1.29, 1.82) is 5.26 Å². The molecule has 0 fully saturated rings. The third-order valence-corrected chi connectivity index (χ3v) is 2.58. The minimum atomic E-state index is 0.453. The van der Waals surface area contributed by atoms with E-state index in [1.54, 1.807) is 6.20 Å². The van der Waals surface area contributed by atoms with Gasteiger partial charge in [0.05, 0.1) is 5.69 Å². The summed E-state index contributed by atoms with van der Waals surface area (Å²) in [4.78, 5) is 6.24. The van der Waals surface area contributed by atoms with Crippen molar-refractivity contribution < 1.29 is 0 Å². The second-order valence-corrected chi connectivity index (χ2v) is 4.01. The van der Waals surface area contributed by atoms with Crippen molar-refractivity contribution in [3.8, 4) is 6.07 Å². The number of hydrogen-bond acceptors (Lipinski definition) is 4. The molecular weight excluding hydrogens is 200 g/mol. The summed E-state index contributed by atoms with van der Waals surface area (Å²) in [6.45, 7) is 6.07. The van der Waals surface area contributed by atoms with Crippen LogP contribution in [-0.4, -0.2) is 36.1 Å². The summed E-state index contributed by atoms with van der Waals surface area (Å²) in [6, 6.07) is 6.31. The highest BCUT2D eigenvalue weighted by Crippen LogP contribution is 2.09. The Kier molecular flexibility index (Phi) is 4.74. The van der Waals surface area contributed by atoms with E-state index in [1.807, 2.05) is 12.1 Å². The smallest absolute Gasteiger partial charge is 0.163 e. The summed E-state index contributed by atoms with van der Waals surface area (Å²) in [7, 11) is 2.08. The fraction of sp³-hybridized carbons (Fsp3) is 0.500. The van der Waals surface area contributed by atoms with Gasteiger partial charge in [-0.3, -0.25) is 0 Å². The fourth-order valence-corrected chi connectivity index (χ4v) is 1.26. The molecule has 0 radical (unpaired) electrons. The molecule has 0 saturated heterocycles. The topological polar surface area (TPSA) is 52.0 Å². The van der Waals surface area contributed by atoms with Crippen LogP contribution in [0.15, 0.2) is 18.3 Å². The van der Waals surface area contributed by atoms with Gasteiger partial charge in [-0.05, 0) is 33.0 Å². The molecule has 0 atom stereocenters. The van der Waals surface area contributed by atoms with Crippen LogP contribution in [0.1, 0.15) is 19.5 Å². The number of aromatic nitrogens is 1. The van der Waals surface area contributed by atoms with Crippen LogP contribution in [0.25, 0.3) is 0 Å². The van der Waals surface area contributed by atoms with E-state index < -0.39 is 0 Å². The molecule has 0 aliphatic heterocycles. The summed E-state index contributed by atoms with van der Waals surface area (Å²) in [5, 5.41) is 12.1. The van der Waals surface area contributed by atoms with Gasteiger partial charge in [-0.1, -0.05) is 0 Å². The number of nitriles is 1. The number of nitrogens with one attached hydrogen (secondary N) is 1. The van der Waals surface area contributed by atoms with Gasteiger partial charge in [0.25, 0.3) is 0 Å². The van der Waals surface area contributed by atoms with Crippen LogP contribution < -0.4 is 5.32 Å². The van der Waals surface area contributed by atoms with Crippen molar-refractivity contribution in [3.63, 3.8) is 0 Å². The highest BCUT2D eigenvalue weighted by Gasteiger charge is 2.04. The maximum atomic E-state index is 8.85. The molecule has 1 N–H and O–H groups in total. The Labute approximate surface area is 96.9 Å². The van der Waals surface area contributed by atoms with E-state index in [4.69, 9.17) is 5.26 Å². The molecule has 0 aromatic carbocycles. The first kappa shape index (κ1) is 12.5. The predicted molar refractivity (Wildman–Crippen MR) is 65.2 cm³/mol. The SMILES string of the molecule is CC(C)N(C)CCNc1cccnc1C#N. The van der Waals surface area contributed by atoms with E-state index >= 15 is 0 Å². The number of rotatable bonds is 5. The number of pyridine rings is 1. The molecule has 0 amide bonds. The summed E-state index contributed by atoms with van der Waals surface area (Å²) >= 11 is 0. The summed E-state index contributed by atoms with van der Waals surface area (Å²) in [5.41, 5.74) is 1.26. The molecule has 0 spiro atoms. The van der Waals surface area contributed by atoms with E-state index in [1.165, 1.54) is 0 Å². The van der Waals surface area contributed by atoms with Gasteiger partial charge in [-0.25, -0.2) is 4.98 Å². The first-order valence-corrected chi connectivity index (χ1v) is 5.44. The first-order chi connectivity index (χ1) is 7.65. The maximum absolute atomic E-state index is 8.85. The number of likely N-dealkylation sites (N-methyl/N-ethyl adjacent to an activating group) is 1. The molecule has 4 nitrogen and oxygen atoms in total. The zero-order chi connectivity index (χ0) is 12.0. The fourth-order valence-electron chi connectivity index (χ4n) is 1.26. The summed E-state index contributed by atoms with van der Waals surface area (Å²) in [6.07, 6.45) is 1.63. The van der Waals surface area contributed by atoms with Gasteiger partial charge in [0.15, 0.2) is 5.69 Å². The van der Waals surface area contributed by atoms with Gasteiger partial charge < -0.3 is 10.2 Å². The molecule has 1 rings (SSSR count). The predicted octanol–water partition coefficient (Wildman–Crippen LogP) is 1.71.